The molecular weight excluding hydrogens is 408 g/mol. The number of hydrogen-bond donors (Lipinski definition) is 6. The summed E-state index contributed by atoms with van der Waals surface area (Å²) in [4.78, 5) is 13.2. The molecule has 9 nitrogen and oxygen atoms in total. The largest absolute Gasteiger partial charge is 0.396 e. The van der Waals surface area contributed by atoms with E-state index in [0.717, 1.165) is 34.5 Å². The molecule has 0 amide bonds. The summed E-state index contributed by atoms with van der Waals surface area (Å²) in [5.74, 6) is 6.23. The first-order chi connectivity index (χ1) is 13.3. The maximum atomic E-state index is 8.81. The number of hydrogen-bond acceptors (Lipinski definition) is 12. The molecular formula is C15H30N6O3S3. The highest BCUT2D eigenvalue weighted by Crippen LogP contribution is 2.11. The van der Waals surface area contributed by atoms with Crippen LogP contribution in [-0.2, 0) is 0 Å². The molecule has 0 aliphatic carbocycles. The van der Waals surface area contributed by atoms with E-state index < -0.39 is 0 Å². The highest BCUT2D eigenvalue weighted by Gasteiger charge is 2.06. The molecule has 6 N–H and O–H groups in total. The lowest BCUT2D eigenvalue weighted by Gasteiger charge is -2.11. The second-order valence-electron chi connectivity index (χ2n) is 5.09. The van der Waals surface area contributed by atoms with Crippen LogP contribution in [0.1, 0.15) is 0 Å². The lowest BCUT2D eigenvalue weighted by atomic mass is 10.6. The summed E-state index contributed by atoms with van der Waals surface area (Å²) < 4.78 is 0. The van der Waals surface area contributed by atoms with Gasteiger partial charge < -0.3 is 31.3 Å². The summed E-state index contributed by atoms with van der Waals surface area (Å²) in [7, 11) is 0. The molecule has 1 rings (SSSR count). The average Bonchev–Trinajstić information content (AvgIpc) is 2.67. The molecule has 0 aliphatic rings. The van der Waals surface area contributed by atoms with Gasteiger partial charge in [0.1, 0.15) is 0 Å². The Kier molecular flexibility index (Phi) is 15.7. The van der Waals surface area contributed by atoms with Crippen molar-refractivity contribution in [3.63, 3.8) is 0 Å². The second-order valence-corrected chi connectivity index (χ2v) is 8.77. The van der Waals surface area contributed by atoms with Crippen molar-refractivity contribution in [3.8, 4) is 0 Å². The van der Waals surface area contributed by atoms with Crippen LogP contribution in [0.2, 0.25) is 0 Å². The molecule has 0 aliphatic heterocycles. The maximum Gasteiger partial charge on any atom is 0.229 e. The Hall–Kier alpha value is -0.660. The van der Waals surface area contributed by atoms with E-state index in [2.05, 4.69) is 30.9 Å². The Morgan fingerprint density at radius 1 is 0.519 bits per heavy atom. The topological polar surface area (TPSA) is 135 Å². The van der Waals surface area contributed by atoms with Gasteiger partial charge >= 0.3 is 0 Å². The van der Waals surface area contributed by atoms with Gasteiger partial charge in [-0.2, -0.15) is 50.2 Å². The number of nitrogens with zero attached hydrogens (tertiary/aromatic N) is 3. The van der Waals surface area contributed by atoms with Crippen LogP contribution >= 0.6 is 35.3 Å². The number of rotatable bonds is 18. The van der Waals surface area contributed by atoms with Gasteiger partial charge in [0, 0.05) is 54.2 Å². The van der Waals surface area contributed by atoms with E-state index in [0.29, 0.717) is 37.5 Å². The highest BCUT2D eigenvalue weighted by molar-refractivity contribution is 7.99. The third-order valence-corrected chi connectivity index (χ3v) is 5.82. The van der Waals surface area contributed by atoms with E-state index in [1.54, 1.807) is 35.3 Å². The van der Waals surface area contributed by atoms with E-state index in [4.69, 9.17) is 15.3 Å². The molecule has 0 saturated carbocycles. The molecule has 0 fully saturated rings. The highest BCUT2D eigenvalue weighted by atomic mass is 32.2. The van der Waals surface area contributed by atoms with E-state index in [-0.39, 0.29) is 19.8 Å². The van der Waals surface area contributed by atoms with Gasteiger partial charge in [-0.25, -0.2) is 0 Å². The minimum absolute atomic E-state index is 0.182. The first-order valence-corrected chi connectivity index (χ1v) is 12.3. The van der Waals surface area contributed by atoms with Crippen molar-refractivity contribution in [1.29, 1.82) is 0 Å². The predicted molar refractivity (Wildman–Crippen MR) is 119 cm³/mol. The van der Waals surface area contributed by atoms with Crippen molar-refractivity contribution >= 4 is 53.1 Å². The summed E-state index contributed by atoms with van der Waals surface area (Å²) in [6, 6.07) is 0. The minimum Gasteiger partial charge on any atom is -0.396 e. The predicted octanol–water partition coefficient (Wildman–Crippen LogP) is 0.284. The summed E-state index contributed by atoms with van der Waals surface area (Å²) in [5, 5.41) is 36.0. The summed E-state index contributed by atoms with van der Waals surface area (Å²) in [6.07, 6.45) is 0. The van der Waals surface area contributed by atoms with Crippen molar-refractivity contribution in [2.45, 2.75) is 0 Å². The van der Waals surface area contributed by atoms with E-state index in [1.165, 1.54) is 0 Å². The maximum absolute atomic E-state index is 8.81. The summed E-state index contributed by atoms with van der Waals surface area (Å²) >= 11 is 4.99. The molecule has 0 spiro atoms. The number of aliphatic hydroxyl groups excluding tert-OH is 3. The first kappa shape index (κ1) is 24.4. The zero-order valence-corrected chi connectivity index (χ0v) is 17.8. The van der Waals surface area contributed by atoms with Gasteiger partial charge in [0.25, 0.3) is 0 Å². The number of thioether (sulfide) groups is 3. The van der Waals surface area contributed by atoms with Gasteiger partial charge in [-0.3, -0.25) is 0 Å². The van der Waals surface area contributed by atoms with Crippen molar-refractivity contribution < 1.29 is 15.3 Å². The summed E-state index contributed by atoms with van der Waals surface area (Å²) in [5.41, 5.74) is 0. The lowest BCUT2D eigenvalue weighted by molar-refractivity contribution is 0.322. The van der Waals surface area contributed by atoms with Crippen molar-refractivity contribution in [2.24, 2.45) is 0 Å². The molecule has 1 heterocycles. The zero-order valence-electron chi connectivity index (χ0n) is 15.4. The second kappa shape index (κ2) is 17.4. The number of aromatic nitrogens is 3. The molecule has 1 aromatic rings. The van der Waals surface area contributed by atoms with Gasteiger partial charge in [0.05, 0.1) is 19.8 Å². The van der Waals surface area contributed by atoms with Gasteiger partial charge in [0.15, 0.2) is 0 Å². The number of nitrogens with one attached hydrogen (secondary N) is 3. The summed E-state index contributed by atoms with van der Waals surface area (Å²) in [6.45, 7) is 2.65. The van der Waals surface area contributed by atoms with Crippen molar-refractivity contribution in [1.82, 2.24) is 15.0 Å². The number of anilines is 3. The minimum atomic E-state index is 0.182. The third-order valence-electron chi connectivity index (χ3n) is 2.93. The van der Waals surface area contributed by atoms with Gasteiger partial charge in [-0.15, -0.1) is 0 Å². The van der Waals surface area contributed by atoms with E-state index >= 15 is 0 Å². The lowest BCUT2D eigenvalue weighted by Crippen LogP contribution is -2.16. The van der Waals surface area contributed by atoms with Crippen LogP contribution in [0.5, 0.6) is 0 Å². The zero-order chi connectivity index (χ0) is 19.6. The van der Waals surface area contributed by atoms with Crippen LogP contribution in [0.15, 0.2) is 0 Å². The van der Waals surface area contributed by atoms with Crippen molar-refractivity contribution in [2.75, 3.05) is 89.9 Å². The van der Waals surface area contributed by atoms with Gasteiger partial charge in [0.2, 0.25) is 17.8 Å². The van der Waals surface area contributed by atoms with Crippen LogP contribution < -0.4 is 16.0 Å². The SMILES string of the molecule is OCCSCCNc1nc(NCCSCCO)nc(NCCSCCO)n1. The van der Waals surface area contributed by atoms with Crippen LogP contribution in [0.4, 0.5) is 17.8 Å². The third kappa shape index (κ3) is 13.2. The Morgan fingerprint density at radius 2 is 0.815 bits per heavy atom. The van der Waals surface area contributed by atoms with Gasteiger partial charge in [-0.1, -0.05) is 0 Å². The van der Waals surface area contributed by atoms with Crippen LogP contribution in [-0.4, -0.2) is 104 Å². The molecule has 1 aromatic heterocycles. The smallest absolute Gasteiger partial charge is 0.229 e. The Morgan fingerprint density at radius 3 is 1.07 bits per heavy atom. The fraction of sp³-hybridized carbons (Fsp3) is 0.800. The molecule has 0 atom stereocenters. The first-order valence-electron chi connectivity index (χ1n) is 8.83. The Balaban J connectivity index is 2.52. The molecule has 0 radical (unpaired) electrons. The molecule has 0 bridgehead atoms. The molecule has 0 aromatic carbocycles. The van der Waals surface area contributed by atoms with E-state index in [1.807, 2.05) is 0 Å². The monoisotopic (exact) mass is 438 g/mol. The Labute approximate surface area is 173 Å². The molecule has 0 unspecified atom stereocenters. The average molecular weight is 439 g/mol. The normalized spacial score (nSPS) is 10.8. The molecule has 27 heavy (non-hydrogen) atoms. The van der Waals surface area contributed by atoms with E-state index in [9.17, 15) is 0 Å². The van der Waals surface area contributed by atoms with Crippen LogP contribution in [0, 0.1) is 0 Å². The fourth-order valence-electron chi connectivity index (χ4n) is 1.82. The quantitative estimate of drug-likeness (QED) is 0.176. The van der Waals surface area contributed by atoms with Crippen molar-refractivity contribution in [3.05, 3.63) is 0 Å². The molecule has 12 heteroatoms. The van der Waals surface area contributed by atoms with Gasteiger partial charge in [-0.05, 0) is 0 Å². The van der Waals surface area contributed by atoms with Crippen LogP contribution in [0.3, 0.4) is 0 Å². The number of aliphatic hydroxyl groups is 3. The molecule has 0 saturated heterocycles. The Bertz CT molecular complexity index is 411. The molecule has 156 valence electrons. The fourth-order valence-corrected chi connectivity index (χ4v) is 3.56. The van der Waals surface area contributed by atoms with Crippen LogP contribution in [0.25, 0.3) is 0 Å². The standard InChI is InChI=1S/C15H30N6O3S3/c22-4-10-25-7-1-16-13-19-14(17-2-8-26-11-5-23)21-15(20-13)18-3-9-27-12-6-24/h22-24H,1-12H2,(H3,16,17,18,19,20,21).